The van der Waals surface area contributed by atoms with Gasteiger partial charge in [0.2, 0.25) is 0 Å². The molecule has 1 aromatic carbocycles. The molecule has 0 radical (unpaired) electrons. The molecule has 0 unspecified atom stereocenters. The Hall–Kier alpha value is -1.77. The van der Waals surface area contributed by atoms with E-state index >= 15 is 0 Å². The summed E-state index contributed by atoms with van der Waals surface area (Å²) in [4.78, 5) is 14.9. The maximum atomic E-state index is 4.98. The molecule has 3 fully saturated rings. The molecule has 3 heteroatoms. The van der Waals surface area contributed by atoms with Crippen LogP contribution in [0.4, 0.5) is 0 Å². The van der Waals surface area contributed by atoms with Gasteiger partial charge in [-0.05, 0) is 93.7 Å². The summed E-state index contributed by atoms with van der Waals surface area (Å²) in [6, 6.07) is 7.03. The Bertz CT molecular complexity index is 646. The van der Waals surface area contributed by atoms with E-state index in [9.17, 15) is 0 Å². The lowest BCUT2D eigenvalue weighted by molar-refractivity contribution is 0.662. The fourth-order valence-electron chi connectivity index (χ4n) is 5.08. The summed E-state index contributed by atoms with van der Waals surface area (Å²) >= 11 is 0. The highest BCUT2D eigenvalue weighted by atomic mass is 14.8. The summed E-state index contributed by atoms with van der Waals surface area (Å²) in [5.74, 6) is 0. The minimum absolute atomic E-state index is 0.823. The van der Waals surface area contributed by atoms with Crippen molar-refractivity contribution in [2.24, 2.45) is 15.0 Å². The predicted octanol–water partition coefficient (Wildman–Crippen LogP) is 7.40. The maximum Gasteiger partial charge on any atom is 0.0639 e. The first-order chi connectivity index (χ1) is 14.8. The van der Waals surface area contributed by atoms with Crippen molar-refractivity contribution < 1.29 is 0 Å². The van der Waals surface area contributed by atoms with Crippen LogP contribution in [-0.4, -0.2) is 17.1 Å². The standard InChI is InChI=1S/C27H39N3/c1-4-10-25(11-5-1)28-19-22-16-23(20-29-26-12-6-2-7-13-26)18-24(17-22)21-30-27-14-8-3-9-15-27/h16-18H,1-15,19-21H2. The largest absolute Gasteiger partial charge is 0.289 e. The van der Waals surface area contributed by atoms with Crippen LogP contribution in [0.2, 0.25) is 0 Å². The second-order valence-corrected chi connectivity index (χ2v) is 9.49. The Kier molecular flexibility index (Phi) is 8.28. The van der Waals surface area contributed by atoms with E-state index < -0.39 is 0 Å². The lowest BCUT2D eigenvalue weighted by atomic mass is 9.98. The average Bonchev–Trinajstić information content (AvgIpc) is 2.82. The van der Waals surface area contributed by atoms with Gasteiger partial charge in [0.25, 0.3) is 0 Å². The molecule has 0 N–H and O–H groups in total. The molecule has 0 aliphatic heterocycles. The Balaban J connectivity index is 1.48. The van der Waals surface area contributed by atoms with Crippen LogP contribution < -0.4 is 0 Å². The quantitative estimate of drug-likeness (QED) is 0.473. The summed E-state index contributed by atoms with van der Waals surface area (Å²) in [6.45, 7) is 2.47. The molecule has 3 nitrogen and oxygen atoms in total. The normalized spacial score (nSPS) is 20.2. The summed E-state index contributed by atoms with van der Waals surface area (Å²) < 4.78 is 0. The molecule has 3 aliphatic carbocycles. The van der Waals surface area contributed by atoms with E-state index in [-0.39, 0.29) is 0 Å². The van der Waals surface area contributed by atoms with E-state index in [2.05, 4.69) is 18.2 Å². The Morgan fingerprint density at radius 1 is 0.400 bits per heavy atom. The van der Waals surface area contributed by atoms with Gasteiger partial charge in [-0.3, -0.25) is 15.0 Å². The van der Waals surface area contributed by atoms with Crippen molar-refractivity contribution in [3.05, 3.63) is 34.9 Å². The Labute approximate surface area is 183 Å². The maximum absolute atomic E-state index is 4.98. The van der Waals surface area contributed by atoms with Crippen LogP contribution in [0.1, 0.15) is 113 Å². The number of nitrogens with zero attached hydrogens (tertiary/aromatic N) is 3. The Morgan fingerprint density at radius 3 is 0.933 bits per heavy atom. The summed E-state index contributed by atoms with van der Waals surface area (Å²) in [7, 11) is 0. The van der Waals surface area contributed by atoms with E-state index in [4.69, 9.17) is 15.0 Å². The van der Waals surface area contributed by atoms with Crippen molar-refractivity contribution in [2.75, 3.05) is 0 Å². The Morgan fingerprint density at radius 2 is 0.667 bits per heavy atom. The highest BCUT2D eigenvalue weighted by Gasteiger charge is 2.10. The third kappa shape index (κ3) is 6.89. The van der Waals surface area contributed by atoms with Gasteiger partial charge in [0.1, 0.15) is 0 Å². The third-order valence-corrected chi connectivity index (χ3v) is 6.86. The zero-order valence-electron chi connectivity index (χ0n) is 18.8. The number of rotatable bonds is 6. The number of hydrogen-bond acceptors (Lipinski definition) is 3. The van der Waals surface area contributed by atoms with Gasteiger partial charge in [-0.1, -0.05) is 37.5 Å². The minimum Gasteiger partial charge on any atom is -0.289 e. The zero-order chi connectivity index (χ0) is 20.4. The lowest BCUT2D eigenvalue weighted by Crippen LogP contribution is -2.06. The van der Waals surface area contributed by atoms with Gasteiger partial charge in [0, 0.05) is 17.1 Å². The van der Waals surface area contributed by atoms with E-state index in [0.717, 1.165) is 19.6 Å². The highest BCUT2D eigenvalue weighted by molar-refractivity contribution is 5.86. The lowest BCUT2D eigenvalue weighted by Gasteiger charge is -2.14. The van der Waals surface area contributed by atoms with Crippen molar-refractivity contribution >= 4 is 17.1 Å². The minimum atomic E-state index is 0.823. The van der Waals surface area contributed by atoms with E-state index in [1.54, 1.807) is 0 Å². The van der Waals surface area contributed by atoms with Gasteiger partial charge < -0.3 is 0 Å². The van der Waals surface area contributed by atoms with E-state index in [1.165, 1.54) is 130 Å². The smallest absolute Gasteiger partial charge is 0.0639 e. The van der Waals surface area contributed by atoms with Crippen molar-refractivity contribution in [3.8, 4) is 0 Å². The monoisotopic (exact) mass is 405 g/mol. The number of aliphatic imine (C=N–C) groups is 3. The SMILES string of the molecule is c1c(CN=C2CCCCC2)cc(CN=C2CCCCC2)cc1CN=C1CCCCC1. The highest BCUT2D eigenvalue weighted by Crippen LogP contribution is 2.20. The molecule has 0 aromatic heterocycles. The van der Waals surface area contributed by atoms with Crippen LogP contribution in [0.15, 0.2) is 33.2 Å². The molecule has 0 bridgehead atoms. The molecule has 0 atom stereocenters. The second-order valence-electron chi connectivity index (χ2n) is 9.49. The van der Waals surface area contributed by atoms with Gasteiger partial charge in [0.05, 0.1) is 19.6 Å². The van der Waals surface area contributed by atoms with Gasteiger partial charge >= 0.3 is 0 Å². The van der Waals surface area contributed by atoms with E-state index in [1.807, 2.05) is 0 Å². The van der Waals surface area contributed by atoms with Crippen molar-refractivity contribution in [3.63, 3.8) is 0 Å². The fraction of sp³-hybridized carbons (Fsp3) is 0.667. The first-order valence-electron chi connectivity index (χ1n) is 12.5. The number of hydrogen-bond donors (Lipinski definition) is 0. The molecule has 0 spiro atoms. The van der Waals surface area contributed by atoms with Crippen molar-refractivity contribution in [1.29, 1.82) is 0 Å². The number of benzene rings is 1. The molecule has 0 amide bonds. The van der Waals surface area contributed by atoms with Crippen LogP contribution in [0.5, 0.6) is 0 Å². The van der Waals surface area contributed by atoms with Crippen LogP contribution >= 0.6 is 0 Å². The summed E-state index contributed by atoms with van der Waals surface area (Å²) in [5, 5.41) is 0. The molecule has 0 heterocycles. The summed E-state index contributed by atoms with van der Waals surface area (Å²) in [5.41, 5.74) is 8.31. The first-order valence-corrected chi connectivity index (χ1v) is 12.5. The molecule has 3 aliphatic rings. The topological polar surface area (TPSA) is 37.1 Å². The van der Waals surface area contributed by atoms with Gasteiger partial charge in [-0.15, -0.1) is 0 Å². The first kappa shape index (κ1) is 21.5. The van der Waals surface area contributed by atoms with E-state index in [0.29, 0.717) is 0 Å². The second kappa shape index (κ2) is 11.6. The molecular formula is C27H39N3. The van der Waals surface area contributed by atoms with Gasteiger partial charge in [0.15, 0.2) is 0 Å². The molecule has 4 rings (SSSR count). The molecule has 0 saturated heterocycles. The molecule has 30 heavy (non-hydrogen) atoms. The molecule has 1 aromatic rings. The summed E-state index contributed by atoms with van der Waals surface area (Å²) in [6.07, 6.45) is 19.2. The zero-order valence-corrected chi connectivity index (χ0v) is 18.8. The molecular weight excluding hydrogens is 366 g/mol. The van der Waals surface area contributed by atoms with Crippen molar-refractivity contribution in [2.45, 2.75) is 116 Å². The van der Waals surface area contributed by atoms with Gasteiger partial charge in [-0.2, -0.15) is 0 Å². The predicted molar refractivity (Wildman–Crippen MR) is 129 cm³/mol. The van der Waals surface area contributed by atoms with Crippen LogP contribution in [0, 0.1) is 0 Å². The van der Waals surface area contributed by atoms with Crippen LogP contribution in [0.25, 0.3) is 0 Å². The van der Waals surface area contributed by atoms with Crippen molar-refractivity contribution in [1.82, 2.24) is 0 Å². The molecule has 3 saturated carbocycles. The fourth-order valence-corrected chi connectivity index (χ4v) is 5.08. The van der Waals surface area contributed by atoms with Crippen LogP contribution in [0.3, 0.4) is 0 Å². The third-order valence-electron chi connectivity index (χ3n) is 6.86. The molecule has 162 valence electrons. The van der Waals surface area contributed by atoms with Gasteiger partial charge in [-0.25, -0.2) is 0 Å². The average molecular weight is 406 g/mol. The van der Waals surface area contributed by atoms with Crippen LogP contribution in [-0.2, 0) is 19.6 Å².